The molecule has 1 aromatic heterocycles. The van der Waals surface area contributed by atoms with Crippen molar-refractivity contribution in [3.05, 3.63) is 66.5 Å². The van der Waals surface area contributed by atoms with Gasteiger partial charge in [-0.3, -0.25) is 4.57 Å². The van der Waals surface area contributed by atoms with E-state index in [1.54, 1.807) is 17.3 Å². The summed E-state index contributed by atoms with van der Waals surface area (Å²) in [4.78, 5) is 28.7. The van der Waals surface area contributed by atoms with Gasteiger partial charge in [-0.1, -0.05) is 36.4 Å². The molecule has 8 heteroatoms. The van der Waals surface area contributed by atoms with Crippen molar-refractivity contribution >= 4 is 28.6 Å². The molecule has 2 aromatic carbocycles. The minimum absolute atomic E-state index is 0.0931. The van der Waals surface area contributed by atoms with E-state index in [2.05, 4.69) is 4.90 Å². The number of hydrogen-bond acceptors (Lipinski definition) is 6. The molecule has 1 saturated heterocycles. The molecule has 8 nitrogen and oxygen atoms in total. The Bertz CT molecular complexity index is 1150. The first-order valence-electron chi connectivity index (χ1n) is 11.4. The largest absolute Gasteiger partial charge is 0.444 e. The molecule has 1 fully saturated rings. The highest BCUT2D eigenvalue weighted by Gasteiger charge is 2.32. The summed E-state index contributed by atoms with van der Waals surface area (Å²) in [7, 11) is 0. The van der Waals surface area contributed by atoms with Crippen LogP contribution in [0, 0.1) is 0 Å². The van der Waals surface area contributed by atoms with Crippen molar-refractivity contribution in [2.45, 2.75) is 39.0 Å². The van der Waals surface area contributed by atoms with E-state index in [0.29, 0.717) is 19.6 Å². The fourth-order valence-electron chi connectivity index (χ4n) is 4.05. The molecule has 2 heterocycles. The Hall–Kier alpha value is -3.52. The number of carbonyl (C=O) groups excluding carboxylic acids is 2. The Labute approximate surface area is 199 Å². The van der Waals surface area contributed by atoms with E-state index in [-0.39, 0.29) is 25.3 Å². The summed E-state index contributed by atoms with van der Waals surface area (Å²) in [6, 6.07) is 15.2. The Balaban J connectivity index is 1.45. The normalized spacial score (nSPS) is 16.5. The molecule has 0 radical (unpaired) electrons. The second kappa shape index (κ2) is 9.77. The van der Waals surface area contributed by atoms with Crippen molar-refractivity contribution < 1.29 is 24.2 Å². The molecule has 3 aromatic rings. The monoisotopic (exact) mass is 465 g/mol. The van der Waals surface area contributed by atoms with Crippen LogP contribution in [0.3, 0.4) is 0 Å². The van der Waals surface area contributed by atoms with E-state index in [1.165, 1.54) is 4.57 Å². The van der Waals surface area contributed by atoms with Gasteiger partial charge in [0.25, 0.3) is 0 Å². The molecule has 1 aliphatic heterocycles. The van der Waals surface area contributed by atoms with Crippen LogP contribution >= 0.6 is 0 Å². The number of anilines is 1. The standard InChI is InChI=1S/C26H31N3O5/c1-26(2,3)34-25(32)27-11-12-29(23(16-27)17-30)22-10-9-20-14-28(15-21(20)13-22)24(31)33-18-19-7-5-4-6-8-19/h4-10,13-15,23,30H,11-12,16-18H2,1-3H3/t23-/m0/s1. The van der Waals surface area contributed by atoms with Crippen molar-refractivity contribution in [2.24, 2.45) is 0 Å². The first kappa shape index (κ1) is 23.6. The molecule has 34 heavy (non-hydrogen) atoms. The van der Waals surface area contributed by atoms with E-state index < -0.39 is 11.7 Å². The van der Waals surface area contributed by atoms with Crippen LogP contribution in [-0.4, -0.2) is 64.6 Å². The van der Waals surface area contributed by atoms with Crippen LogP contribution < -0.4 is 4.90 Å². The molecule has 0 bridgehead atoms. The van der Waals surface area contributed by atoms with Gasteiger partial charge in [0.15, 0.2) is 0 Å². The van der Waals surface area contributed by atoms with Gasteiger partial charge in [-0.25, -0.2) is 9.59 Å². The molecule has 1 amide bonds. The molecule has 1 aliphatic rings. The zero-order valence-electron chi connectivity index (χ0n) is 19.8. The molecule has 4 rings (SSSR count). The number of amides is 1. The number of carbonyl (C=O) groups is 2. The summed E-state index contributed by atoms with van der Waals surface area (Å²) in [5, 5.41) is 11.8. The molecular formula is C26H31N3O5. The minimum atomic E-state index is -0.566. The molecule has 0 spiro atoms. The fourth-order valence-corrected chi connectivity index (χ4v) is 4.05. The smallest absolute Gasteiger partial charge is 0.418 e. The fraction of sp³-hybridized carbons (Fsp3) is 0.385. The second-order valence-electron chi connectivity index (χ2n) is 9.48. The third kappa shape index (κ3) is 5.51. The lowest BCUT2D eigenvalue weighted by molar-refractivity contribution is 0.0197. The van der Waals surface area contributed by atoms with Gasteiger partial charge in [-0.15, -0.1) is 0 Å². The molecule has 1 N–H and O–H groups in total. The molecule has 180 valence electrons. The predicted molar refractivity (Wildman–Crippen MR) is 130 cm³/mol. The number of hydrogen-bond donors (Lipinski definition) is 1. The van der Waals surface area contributed by atoms with Crippen molar-refractivity contribution in [2.75, 3.05) is 31.1 Å². The second-order valence-corrected chi connectivity index (χ2v) is 9.48. The van der Waals surface area contributed by atoms with Gasteiger partial charge >= 0.3 is 12.2 Å². The Kier molecular flexibility index (Phi) is 6.79. The van der Waals surface area contributed by atoms with Gasteiger partial charge in [-0.2, -0.15) is 0 Å². The highest BCUT2D eigenvalue weighted by atomic mass is 16.6. The van der Waals surface area contributed by atoms with E-state index in [0.717, 1.165) is 22.0 Å². The topological polar surface area (TPSA) is 84.2 Å². The summed E-state index contributed by atoms with van der Waals surface area (Å²) in [6.07, 6.45) is 2.68. The first-order valence-corrected chi connectivity index (χ1v) is 11.4. The predicted octanol–water partition coefficient (Wildman–Crippen LogP) is 4.24. The lowest BCUT2D eigenvalue weighted by Crippen LogP contribution is -2.57. The van der Waals surface area contributed by atoms with E-state index in [1.807, 2.05) is 69.3 Å². The first-order chi connectivity index (χ1) is 16.2. The quantitative estimate of drug-likeness (QED) is 0.620. The van der Waals surface area contributed by atoms with Gasteiger partial charge < -0.3 is 24.4 Å². The summed E-state index contributed by atoms with van der Waals surface area (Å²) < 4.78 is 12.4. The SMILES string of the molecule is CC(C)(C)OC(=O)N1CCN(c2ccc3cn(C(=O)OCc4ccccc4)cc3c2)[C@H](CO)C1. The molecule has 1 atom stereocenters. The van der Waals surface area contributed by atoms with Gasteiger partial charge in [0.1, 0.15) is 12.2 Å². The Morgan fingerprint density at radius 3 is 2.44 bits per heavy atom. The van der Waals surface area contributed by atoms with Crippen LogP contribution in [0.4, 0.5) is 15.3 Å². The van der Waals surface area contributed by atoms with Gasteiger partial charge in [-0.05, 0) is 38.5 Å². The van der Waals surface area contributed by atoms with E-state index in [9.17, 15) is 14.7 Å². The molecule has 0 saturated carbocycles. The average molecular weight is 466 g/mol. The van der Waals surface area contributed by atoms with Crippen LogP contribution in [0.15, 0.2) is 60.9 Å². The maximum absolute atomic E-state index is 12.5. The van der Waals surface area contributed by atoms with Crippen LogP contribution in [0.5, 0.6) is 0 Å². The molecular weight excluding hydrogens is 434 g/mol. The van der Waals surface area contributed by atoms with Gasteiger partial charge in [0, 0.05) is 48.5 Å². The van der Waals surface area contributed by atoms with Crippen molar-refractivity contribution in [3.8, 4) is 0 Å². The van der Waals surface area contributed by atoms with Crippen molar-refractivity contribution in [1.29, 1.82) is 0 Å². The maximum Gasteiger partial charge on any atom is 0.418 e. The molecule has 0 unspecified atom stereocenters. The number of benzene rings is 2. The summed E-state index contributed by atoms with van der Waals surface area (Å²) in [5.74, 6) is 0. The molecule has 0 aliphatic carbocycles. The Morgan fingerprint density at radius 2 is 1.74 bits per heavy atom. The highest BCUT2D eigenvalue weighted by Crippen LogP contribution is 2.27. The number of rotatable bonds is 4. The summed E-state index contributed by atoms with van der Waals surface area (Å²) in [5.41, 5.74) is 1.28. The summed E-state index contributed by atoms with van der Waals surface area (Å²) >= 11 is 0. The lowest BCUT2D eigenvalue weighted by Gasteiger charge is -2.42. The van der Waals surface area contributed by atoms with Gasteiger partial charge in [0.2, 0.25) is 0 Å². The Morgan fingerprint density at radius 1 is 1.00 bits per heavy atom. The minimum Gasteiger partial charge on any atom is -0.444 e. The van der Waals surface area contributed by atoms with E-state index in [4.69, 9.17) is 9.47 Å². The van der Waals surface area contributed by atoms with Crippen LogP contribution in [0.25, 0.3) is 10.8 Å². The van der Waals surface area contributed by atoms with Crippen molar-refractivity contribution in [3.63, 3.8) is 0 Å². The number of fused-ring (bicyclic) bond motifs is 1. The average Bonchev–Trinajstić information content (AvgIpc) is 3.25. The number of nitrogens with zero attached hydrogens (tertiary/aromatic N) is 3. The van der Waals surface area contributed by atoms with Crippen molar-refractivity contribution in [1.82, 2.24) is 9.47 Å². The number of aliphatic hydroxyl groups is 1. The number of piperazine rings is 1. The third-order valence-electron chi connectivity index (χ3n) is 5.72. The third-order valence-corrected chi connectivity index (χ3v) is 5.72. The van der Waals surface area contributed by atoms with Crippen LogP contribution in [0.2, 0.25) is 0 Å². The van der Waals surface area contributed by atoms with Crippen LogP contribution in [0.1, 0.15) is 26.3 Å². The number of aromatic nitrogens is 1. The number of aliphatic hydroxyl groups excluding tert-OH is 1. The zero-order chi connectivity index (χ0) is 24.3. The van der Waals surface area contributed by atoms with E-state index >= 15 is 0 Å². The number of ether oxygens (including phenoxy) is 2. The highest BCUT2D eigenvalue weighted by molar-refractivity contribution is 5.89. The summed E-state index contributed by atoms with van der Waals surface area (Å²) in [6.45, 7) is 7.06. The zero-order valence-corrected chi connectivity index (χ0v) is 19.8. The van der Waals surface area contributed by atoms with Crippen LogP contribution in [-0.2, 0) is 16.1 Å². The van der Waals surface area contributed by atoms with Gasteiger partial charge in [0.05, 0.1) is 12.6 Å². The maximum atomic E-state index is 12.5. The lowest BCUT2D eigenvalue weighted by atomic mass is 10.1.